The zero-order valence-electron chi connectivity index (χ0n) is 17.2. The van der Waals surface area contributed by atoms with Crippen LogP contribution in [0.3, 0.4) is 0 Å². The molecule has 4 aromatic heterocycles. The molecule has 1 aliphatic rings. The predicted molar refractivity (Wildman–Crippen MR) is 115 cm³/mol. The number of aromatic amines is 1. The molecule has 1 aliphatic heterocycles. The minimum atomic E-state index is 0.478. The number of H-pyrrole nitrogens is 1. The van der Waals surface area contributed by atoms with E-state index in [0.717, 1.165) is 72.7 Å². The number of ether oxygens (including phenoxy) is 3. The number of pyridine rings is 2. The third-order valence-electron chi connectivity index (χ3n) is 5.64. The normalized spacial score (nSPS) is 15.1. The largest absolute Gasteiger partial charge is 0.491 e. The van der Waals surface area contributed by atoms with Gasteiger partial charge in [0.15, 0.2) is 5.75 Å². The third-order valence-corrected chi connectivity index (χ3v) is 5.64. The molecule has 0 atom stereocenters. The molecule has 1 N–H and O–H groups in total. The first-order valence-electron chi connectivity index (χ1n) is 10.1. The van der Waals surface area contributed by atoms with E-state index in [1.807, 2.05) is 12.1 Å². The van der Waals surface area contributed by atoms with Gasteiger partial charge in [-0.1, -0.05) is 0 Å². The average molecular weight is 407 g/mol. The fourth-order valence-corrected chi connectivity index (χ4v) is 4.02. The number of nitrogens with one attached hydrogen (secondary N) is 1. The highest BCUT2D eigenvalue weighted by Crippen LogP contribution is 2.36. The minimum Gasteiger partial charge on any atom is -0.491 e. The number of nitrogens with zero attached hydrogens (tertiary/aromatic N) is 4. The minimum absolute atomic E-state index is 0.478. The summed E-state index contributed by atoms with van der Waals surface area (Å²) in [6.07, 6.45) is 3.95. The molecule has 30 heavy (non-hydrogen) atoms. The van der Waals surface area contributed by atoms with Crippen LogP contribution in [0.25, 0.3) is 33.3 Å². The van der Waals surface area contributed by atoms with Crippen LogP contribution in [-0.2, 0) is 11.3 Å². The van der Waals surface area contributed by atoms with Crippen molar-refractivity contribution in [1.29, 1.82) is 0 Å². The van der Waals surface area contributed by atoms with Gasteiger partial charge in [0.1, 0.15) is 11.2 Å². The Labute approximate surface area is 174 Å². The van der Waals surface area contributed by atoms with Crippen molar-refractivity contribution in [1.82, 2.24) is 24.4 Å². The Morgan fingerprint density at radius 1 is 1.13 bits per heavy atom. The maximum Gasteiger partial charge on any atom is 0.257 e. The smallest absolute Gasteiger partial charge is 0.257 e. The summed E-state index contributed by atoms with van der Waals surface area (Å²) in [5, 5.41) is 1.07. The van der Waals surface area contributed by atoms with Gasteiger partial charge in [0.25, 0.3) is 5.88 Å². The molecule has 5 rings (SSSR count). The van der Waals surface area contributed by atoms with Crippen LogP contribution in [0, 0.1) is 0 Å². The van der Waals surface area contributed by atoms with Crippen molar-refractivity contribution in [3.8, 4) is 22.9 Å². The van der Waals surface area contributed by atoms with Gasteiger partial charge in [0.2, 0.25) is 0 Å². The lowest BCUT2D eigenvalue weighted by molar-refractivity contribution is 0.0365. The first-order valence-corrected chi connectivity index (χ1v) is 10.1. The highest BCUT2D eigenvalue weighted by Gasteiger charge is 2.19. The highest BCUT2D eigenvalue weighted by molar-refractivity contribution is 5.96. The maximum absolute atomic E-state index is 5.51. The Morgan fingerprint density at radius 2 is 2.00 bits per heavy atom. The number of rotatable bonds is 6. The van der Waals surface area contributed by atoms with E-state index in [4.69, 9.17) is 19.2 Å². The second-order valence-corrected chi connectivity index (χ2v) is 7.38. The van der Waals surface area contributed by atoms with Crippen molar-refractivity contribution in [3.05, 3.63) is 36.7 Å². The van der Waals surface area contributed by atoms with Crippen LogP contribution in [-0.4, -0.2) is 71.5 Å². The molecule has 0 spiro atoms. The van der Waals surface area contributed by atoms with Crippen LogP contribution in [0.1, 0.15) is 0 Å². The van der Waals surface area contributed by atoms with Crippen molar-refractivity contribution in [2.75, 3.05) is 47.1 Å². The van der Waals surface area contributed by atoms with E-state index >= 15 is 0 Å². The van der Waals surface area contributed by atoms with Crippen molar-refractivity contribution < 1.29 is 14.2 Å². The molecule has 0 saturated carbocycles. The van der Waals surface area contributed by atoms with Gasteiger partial charge in [0, 0.05) is 55.6 Å². The molecule has 8 heteroatoms. The van der Waals surface area contributed by atoms with Crippen molar-refractivity contribution in [2.45, 2.75) is 6.54 Å². The summed E-state index contributed by atoms with van der Waals surface area (Å²) in [7, 11) is 3.25. The predicted octanol–water partition coefficient (Wildman–Crippen LogP) is 2.93. The van der Waals surface area contributed by atoms with Crippen molar-refractivity contribution >= 4 is 22.1 Å². The zero-order valence-corrected chi connectivity index (χ0v) is 17.2. The Bertz CT molecular complexity index is 1140. The van der Waals surface area contributed by atoms with Crippen molar-refractivity contribution in [3.63, 3.8) is 0 Å². The first kappa shape index (κ1) is 18.9. The fraction of sp³-hybridized carbons (Fsp3) is 0.364. The summed E-state index contributed by atoms with van der Waals surface area (Å²) in [5.41, 5.74) is 4.76. The average Bonchev–Trinajstić information content (AvgIpc) is 3.38. The monoisotopic (exact) mass is 407 g/mol. The van der Waals surface area contributed by atoms with Crippen LogP contribution in [0.2, 0.25) is 0 Å². The molecule has 8 nitrogen and oxygen atoms in total. The summed E-state index contributed by atoms with van der Waals surface area (Å²) in [4.78, 5) is 15.1. The molecule has 0 aliphatic carbocycles. The number of hydrogen-bond donors (Lipinski definition) is 1. The topological polar surface area (TPSA) is 77.4 Å². The van der Waals surface area contributed by atoms with Gasteiger partial charge in [-0.05, 0) is 18.2 Å². The van der Waals surface area contributed by atoms with Crippen LogP contribution >= 0.6 is 0 Å². The lowest BCUT2D eigenvalue weighted by atomic mass is 10.2. The third kappa shape index (κ3) is 3.38. The SMILES string of the molecule is COc1cc2c(nc1OC)c(-c1cc3cccnc3[nH]1)cn2CCN1CCOCC1. The first-order chi connectivity index (χ1) is 14.8. The molecule has 0 bridgehead atoms. The number of morpholine rings is 1. The number of aromatic nitrogens is 4. The summed E-state index contributed by atoms with van der Waals surface area (Å²) in [6.45, 7) is 5.34. The van der Waals surface area contributed by atoms with Gasteiger partial charge >= 0.3 is 0 Å². The van der Waals surface area contributed by atoms with Gasteiger partial charge < -0.3 is 23.8 Å². The summed E-state index contributed by atoms with van der Waals surface area (Å²) >= 11 is 0. The second kappa shape index (κ2) is 7.97. The van der Waals surface area contributed by atoms with Crippen molar-refractivity contribution in [2.24, 2.45) is 0 Å². The van der Waals surface area contributed by atoms with E-state index in [1.165, 1.54) is 0 Å². The van der Waals surface area contributed by atoms with E-state index < -0.39 is 0 Å². The Balaban J connectivity index is 1.59. The highest BCUT2D eigenvalue weighted by atomic mass is 16.5. The Kier molecular flexibility index (Phi) is 5.02. The van der Waals surface area contributed by atoms with Crippen LogP contribution < -0.4 is 9.47 Å². The van der Waals surface area contributed by atoms with Gasteiger partial charge in [-0.3, -0.25) is 4.90 Å². The van der Waals surface area contributed by atoms with Crippen LogP contribution in [0.15, 0.2) is 36.7 Å². The van der Waals surface area contributed by atoms with E-state index in [2.05, 4.69) is 37.8 Å². The van der Waals surface area contributed by atoms with E-state index in [-0.39, 0.29) is 0 Å². The van der Waals surface area contributed by atoms with E-state index in [1.54, 1.807) is 20.4 Å². The van der Waals surface area contributed by atoms with Gasteiger partial charge in [-0.25, -0.2) is 9.97 Å². The Hall–Kier alpha value is -3.10. The van der Waals surface area contributed by atoms with Gasteiger partial charge in [0.05, 0.1) is 38.6 Å². The fourth-order valence-electron chi connectivity index (χ4n) is 4.02. The van der Waals surface area contributed by atoms with E-state index in [0.29, 0.717) is 11.6 Å². The molecule has 1 saturated heterocycles. The molecule has 5 heterocycles. The molecule has 4 aromatic rings. The lowest BCUT2D eigenvalue weighted by Crippen LogP contribution is -2.38. The quantitative estimate of drug-likeness (QED) is 0.530. The van der Waals surface area contributed by atoms with Gasteiger partial charge in [-0.2, -0.15) is 0 Å². The summed E-state index contributed by atoms with van der Waals surface area (Å²) < 4.78 is 18.7. The Morgan fingerprint density at radius 3 is 2.77 bits per heavy atom. The standard InChI is InChI=1S/C22H25N5O3/c1-28-19-13-18-20(25-22(19)29-2)16(17-12-15-4-3-5-23-21(15)24-17)14-27(18)7-6-26-8-10-30-11-9-26/h3-5,12-14H,6-11H2,1-2H3,(H,23,24). The number of hydrogen-bond acceptors (Lipinski definition) is 6. The zero-order chi connectivity index (χ0) is 20.5. The van der Waals surface area contributed by atoms with Crippen LogP contribution in [0.5, 0.6) is 11.6 Å². The summed E-state index contributed by atoms with van der Waals surface area (Å²) in [6, 6.07) is 8.11. The molecule has 0 aromatic carbocycles. The van der Waals surface area contributed by atoms with Gasteiger partial charge in [-0.15, -0.1) is 0 Å². The molecule has 156 valence electrons. The molecule has 0 unspecified atom stereocenters. The maximum atomic E-state index is 5.51. The number of fused-ring (bicyclic) bond motifs is 2. The van der Waals surface area contributed by atoms with Crippen LogP contribution in [0.4, 0.5) is 0 Å². The molecule has 0 radical (unpaired) electrons. The number of methoxy groups -OCH3 is 2. The van der Waals surface area contributed by atoms with E-state index in [9.17, 15) is 0 Å². The molecular formula is C22H25N5O3. The molecule has 0 amide bonds. The summed E-state index contributed by atoms with van der Waals surface area (Å²) in [5.74, 6) is 1.10. The molecular weight excluding hydrogens is 382 g/mol. The molecule has 1 fully saturated rings. The second-order valence-electron chi connectivity index (χ2n) is 7.38. The lowest BCUT2D eigenvalue weighted by Gasteiger charge is -2.26.